The third-order valence-corrected chi connectivity index (χ3v) is 10.2. The number of fused-ring (bicyclic) bond motifs is 6. The molecule has 2 aliphatic rings. The zero-order valence-electron chi connectivity index (χ0n) is 31.0. The van der Waals surface area contributed by atoms with Crippen molar-refractivity contribution in [3.8, 4) is 11.5 Å². The summed E-state index contributed by atoms with van der Waals surface area (Å²) in [6.07, 6.45) is 5.42. The fourth-order valence-electron chi connectivity index (χ4n) is 7.67. The second-order valence-electron chi connectivity index (χ2n) is 13.7. The van der Waals surface area contributed by atoms with Crippen LogP contribution in [0.4, 0.5) is 17.1 Å². The summed E-state index contributed by atoms with van der Waals surface area (Å²) in [5.74, 6) is 1.20. The Balaban J connectivity index is 1.23. The third kappa shape index (κ3) is 6.11. The molecule has 2 aliphatic heterocycles. The molecule has 2 N–H and O–H groups in total. The maximum Gasteiger partial charge on any atom is 0.275 e. The van der Waals surface area contributed by atoms with E-state index in [1.54, 1.807) is 11.2 Å². The number of rotatable bonds is 11. The number of nitrogens with zero attached hydrogens (tertiary/aromatic N) is 5. The van der Waals surface area contributed by atoms with E-state index in [0.717, 1.165) is 74.9 Å². The second kappa shape index (κ2) is 14.5. The molecule has 0 atom stereocenters. The van der Waals surface area contributed by atoms with Gasteiger partial charge in [-0.05, 0) is 99.0 Å². The highest BCUT2D eigenvalue weighted by atomic mass is 16.5. The van der Waals surface area contributed by atoms with Gasteiger partial charge in [-0.25, -0.2) is 5.01 Å². The summed E-state index contributed by atoms with van der Waals surface area (Å²) in [5.41, 5.74) is 10.1. The lowest BCUT2D eigenvalue weighted by Crippen LogP contribution is -2.44. The van der Waals surface area contributed by atoms with Gasteiger partial charge in [-0.1, -0.05) is 42.5 Å². The molecular weight excluding hydrogens is 671 g/mol. The van der Waals surface area contributed by atoms with Crippen molar-refractivity contribution in [2.24, 2.45) is 5.10 Å². The van der Waals surface area contributed by atoms with E-state index in [0.29, 0.717) is 30.2 Å². The van der Waals surface area contributed by atoms with E-state index in [4.69, 9.17) is 9.84 Å². The van der Waals surface area contributed by atoms with Crippen LogP contribution in [-0.4, -0.2) is 40.2 Å². The summed E-state index contributed by atoms with van der Waals surface area (Å²) in [5, 5.41) is 13.7. The van der Waals surface area contributed by atoms with Crippen LogP contribution in [0.25, 0.3) is 0 Å². The molecule has 9 nitrogen and oxygen atoms in total. The quantitative estimate of drug-likeness (QED) is 0.129. The molecule has 2 aromatic heterocycles. The highest BCUT2D eigenvalue weighted by molar-refractivity contribution is 6.03. The highest BCUT2D eigenvalue weighted by Gasteiger charge is 2.57. The van der Waals surface area contributed by atoms with E-state index < -0.39 is 5.54 Å². The number of carbonyl (C=O) groups excluding carboxylic acids is 1. The van der Waals surface area contributed by atoms with Crippen LogP contribution < -0.4 is 20.3 Å². The molecule has 0 radical (unpaired) electrons. The van der Waals surface area contributed by atoms with Crippen LogP contribution in [0, 0.1) is 13.8 Å². The fraction of sp³-hybridized carbons (Fsp3) is 0.200. The second-order valence-corrected chi connectivity index (χ2v) is 13.7. The minimum atomic E-state index is -1.07. The van der Waals surface area contributed by atoms with Gasteiger partial charge in [0.1, 0.15) is 17.0 Å². The number of benzene rings is 4. The number of hydrogen-bond acceptors (Lipinski definition) is 8. The summed E-state index contributed by atoms with van der Waals surface area (Å²) in [6, 6.07) is 36.4. The van der Waals surface area contributed by atoms with Crippen molar-refractivity contribution in [2.45, 2.75) is 46.3 Å². The molecular formula is C45H43N7O2. The minimum Gasteiger partial charge on any atom is -0.456 e. The molecule has 54 heavy (non-hydrogen) atoms. The Labute approximate surface area is 316 Å². The Kier molecular flexibility index (Phi) is 9.29. The monoisotopic (exact) mass is 713 g/mol. The summed E-state index contributed by atoms with van der Waals surface area (Å²) in [7, 11) is 0. The van der Waals surface area contributed by atoms with E-state index in [1.165, 1.54) is 0 Å². The van der Waals surface area contributed by atoms with E-state index in [2.05, 4.69) is 95.7 Å². The highest BCUT2D eigenvalue weighted by Crippen LogP contribution is 2.59. The third-order valence-electron chi connectivity index (χ3n) is 10.2. The van der Waals surface area contributed by atoms with Crippen LogP contribution in [0.15, 0.2) is 127 Å². The molecule has 0 aliphatic carbocycles. The Bertz CT molecular complexity index is 2240. The molecule has 0 saturated heterocycles. The van der Waals surface area contributed by atoms with Crippen molar-refractivity contribution in [3.63, 3.8) is 0 Å². The number of pyridine rings is 2. The van der Waals surface area contributed by atoms with E-state index in [9.17, 15) is 4.79 Å². The smallest absolute Gasteiger partial charge is 0.275 e. The molecule has 0 unspecified atom stereocenters. The lowest BCUT2D eigenvalue weighted by molar-refractivity contribution is 0.0675. The van der Waals surface area contributed by atoms with E-state index >= 15 is 0 Å². The van der Waals surface area contributed by atoms with Gasteiger partial charge in [-0.2, -0.15) is 5.10 Å². The van der Waals surface area contributed by atoms with Crippen molar-refractivity contribution >= 4 is 29.2 Å². The number of nitrogens with one attached hydrogen (secondary N) is 2. The van der Waals surface area contributed by atoms with Gasteiger partial charge in [0.2, 0.25) is 0 Å². The predicted molar refractivity (Wildman–Crippen MR) is 216 cm³/mol. The van der Waals surface area contributed by atoms with Crippen molar-refractivity contribution < 1.29 is 9.53 Å². The number of aromatic nitrogens is 2. The van der Waals surface area contributed by atoms with Gasteiger partial charge >= 0.3 is 0 Å². The van der Waals surface area contributed by atoms with Crippen LogP contribution in [0.5, 0.6) is 11.5 Å². The SMILES string of the molecule is CCNc1cc2c(cc1C)C1(c3cc(C)c(NCC)cc3O2)c2ccccc2C(=O)N1/N=C/c1ccc(N(Cc2ccccn2)Cc2ccccn2)cc1. The Morgan fingerprint density at radius 1 is 0.722 bits per heavy atom. The van der Waals surface area contributed by atoms with Crippen molar-refractivity contribution in [3.05, 3.63) is 172 Å². The first kappa shape index (κ1) is 34.6. The van der Waals surface area contributed by atoms with Gasteiger partial charge in [0.15, 0.2) is 0 Å². The average Bonchev–Trinajstić information content (AvgIpc) is 3.44. The van der Waals surface area contributed by atoms with Crippen LogP contribution in [0.2, 0.25) is 0 Å². The standard InChI is InChI=1S/C45H43N7O2/c1-5-46-40-25-42-38(23-30(40)3)45(39-24-31(4)41(47-6-2)26-43(39)54-42)37-16-8-7-15-36(37)44(53)52(45)50-27-32-17-19-35(20-18-32)51(28-33-13-9-11-21-48-33)29-34-14-10-12-22-49-34/h7-27,46-47H,5-6,28-29H2,1-4H3/b50-27+. The van der Waals surface area contributed by atoms with Crippen LogP contribution in [0.1, 0.15) is 69.0 Å². The first-order valence-electron chi connectivity index (χ1n) is 18.5. The topological polar surface area (TPSA) is 95.0 Å². The Hall–Kier alpha value is -6.48. The summed E-state index contributed by atoms with van der Waals surface area (Å²) in [6.45, 7) is 11.1. The molecule has 0 bridgehead atoms. The van der Waals surface area contributed by atoms with Gasteiger partial charge in [-0.3, -0.25) is 14.8 Å². The first-order valence-corrected chi connectivity index (χ1v) is 18.5. The lowest BCUT2D eigenvalue weighted by atomic mass is 9.74. The van der Waals surface area contributed by atoms with E-state index in [1.807, 2.05) is 79.1 Å². The van der Waals surface area contributed by atoms with Crippen LogP contribution in [-0.2, 0) is 18.6 Å². The summed E-state index contributed by atoms with van der Waals surface area (Å²) in [4.78, 5) is 26.0. The van der Waals surface area contributed by atoms with Gasteiger partial charge in [0.05, 0.1) is 30.7 Å². The molecule has 270 valence electrons. The van der Waals surface area contributed by atoms with Gasteiger partial charge < -0.3 is 20.3 Å². The zero-order chi connectivity index (χ0) is 37.2. The first-order chi connectivity index (χ1) is 26.4. The molecule has 9 heteroatoms. The number of carbonyl (C=O) groups is 1. The molecule has 1 spiro atoms. The number of anilines is 3. The largest absolute Gasteiger partial charge is 0.456 e. The minimum absolute atomic E-state index is 0.170. The van der Waals surface area contributed by atoms with Crippen molar-refractivity contribution in [2.75, 3.05) is 28.6 Å². The number of hydrazone groups is 1. The molecule has 0 fully saturated rings. The average molecular weight is 714 g/mol. The van der Waals surface area contributed by atoms with Crippen LogP contribution >= 0.6 is 0 Å². The molecule has 4 heterocycles. The number of hydrogen-bond donors (Lipinski definition) is 2. The number of aryl methyl sites for hydroxylation is 2. The molecule has 4 aromatic carbocycles. The van der Waals surface area contributed by atoms with Crippen molar-refractivity contribution in [1.82, 2.24) is 15.0 Å². The van der Waals surface area contributed by atoms with Gasteiger partial charge in [0, 0.05) is 76.9 Å². The van der Waals surface area contributed by atoms with Gasteiger partial charge in [-0.15, -0.1) is 0 Å². The fourth-order valence-corrected chi connectivity index (χ4v) is 7.67. The Morgan fingerprint density at radius 2 is 1.28 bits per heavy atom. The van der Waals surface area contributed by atoms with Gasteiger partial charge in [0.25, 0.3) is 5.91 Å². The normalized spacial score (nSPS) is 13.7. The molecule has 6 aromatic rings. The number of amides is 1. The van der Waals surface area contributed by atoms with Crippen molar-refractivity contribution in [1.29, 1.82) is 0 Å². The lowest BCUT2D eigenvalue weighted by Gasteiger charge is -2.42. The maximum absolute atomic E-state index is 14.6. The Morgan fingerprint density at radius 3 is 1.81 bits per heavy atom. The molecule has 0 saturated carbocycles. The summed E-state index contributed by atoms with van der Waals surface area (Å²) >= 11 is 0. The van der Waals surface area contributed by atoms with Crippen LogP contribution in [0.3, 0.4) is 0 Å². The maximum atomic E-state index is 14.6. The predicted octanol–water partition coefficient (Wildman–Crippen LogP) is 9.05. The molecule has 8 rings (SSSR count). The molecule has 1 amide bonds. The summed E-state index contributed by atoms with van der Waals surface area (Å²) < 4.78 is 6.75. The zero-order valence-corrected chi connectivity index (χ0v) is 31.0. The van der Waals surface area contributed by atoms with E-state index in [-0.39, 0.29) is 5.91 Å². The number of ether oxygens (including phenoxy) is 1.